The summed E-state index contributed by atoms with van der Waals surface area (Å²) in [5.74, 6) is 0.476. The Hall–Kier alpha value is -4.04. The summed E-state index contributed by atoms with van der Waals surface area (Å²) in [6.07, 6.45) is 1.84. The van der Waals surface area contributed by atoms with Crippen LogP contribution in [0.4, 0.5) is 5.69 Å². The molecule has 1 heterocycles. The second-order valence-electron chi connectivity index (χ2n) is 6.75. The smallest absolute Gasteiger partial charge is 0.257 e. The molecule has 0 atom stereocenters. The van der Waals surface area contributed by atoms with E-state index < -0.39 is 0 Å². The summed E-state index contributed by atoms with van der Waals surface area (Å²) in [5.41, 5.74) is 3.81. The van der Waals surface area contributed by atoms with E-state index in [1.54, 1.807) is 18.2 Å². The number of amides is 1. The van der Waals surface area contributed by atoms with Crippen LogP contribution in [-0.4, -0.2) is 10.5 Å². The van der Waals surface area contributed by atoms with Crippen LogP contribution in [0.25, 0.3) is 10.9 Å². The van der Waals surface area contributed by atoms with Crippen LogP contribution in [-0.2, 0) is 13.7 Å². The third kappa shape index (κ3) is 3.97. The van der Waals surface area contributed by atoms with E-state index in [0.717, 1.165) is 16.5 Å². The third-order valence-corrected chi connectivity index (χ3v) is 4.70. The predicted molar refractivity (Wildman–Crippen MR) is 113 cm³/mol. The van der Waals surface area contributed by atoms with E-state index in [-0.39, 0.29) is 5.91 Å². The Morgan fingerprint density at radius 1 is 1.07 bits per heavy atom. The number of carbonyl (C=O) groups is 1. The number of rotatable bonds is 5. The fourth-order valence-electron chi connectivity index (χ4n) is 3.28. The maximum absolute atomic E-state index is 12.8. The number of ether oxygens (including phenoxy) is 1. The third-order valence-electron chi connectivity index (χ3n) is 4.70. The summed E-state index contributed by atoms with van der Waals surface area (Å²) < 4.78 is 7.77. The Labute approximate surface area is 168 Å². The number of nitriles is 1. The average Bonchev–Trinajstić information content (AvgIpc) is 3.10. The highest BCUT2D eigenvalue weighted by atomic mass is 16.5. The monoisotopic (exact) mass is 381 g/mol. The molecule has 1 aromatic heterocycles. The van der Waals surface area contributed by atoms with Gasteiger partial charge in [0.1, 0.15) is 12.4 Å². The minimum absolute atomic E-state index is 0.166. The molecule has 5 heteroatoms. The number of nitrogens with one attached hydrogen (secondary N) is 1. The molecule has 142 valence electrons. The Morgan fingerprint density at radius 3 is 2.76 bits per heavy atom. The van der Waals surface area contributed by atoms with Gasteiger partial charge in [0.2, 0.25) is 0 Å². The van der Waals surface area contributed by atoms with Gasteiger partial charge in [0.05, 0.1) is 17.2 Å². The Kier molecular flexibility index (Phi) is 5.00. The van der Waals surface area contributed by atoms with E-state index in [0.29, 0.717) is 29.2 Å². The van der Waals surface area contributed by atoms with Crippen LogP contribution in [0.2, 0.25) is 0 Å². The molecular formula is C24H19N3O2. The van der Waals surface area contributed by atoms with Crippen LogP contribution < -0.4 is 10.1 Å². The lowest BCUT2D eigenvalue weighted by Gasteiger charge is -2.09. The van der Waals surface area contributed by atoms with Gasteiger partial charge in [-0.1, -0.05) is 36.4 Å². The summed E-state index contributed by atoms with van der Waals surface area (Å²) in [6.45, 7) is 0.343. The van der Waals surface area contributed by atoms with E-state index in [1.165, 1.54) is 0 Å². The fraction of sp³-hybridized carbons (Fsp3) is 0.0833. The topological polar surface area (TPSA) is 67.1 Å². The first-order valence-corrected chi connectivity index (χ1v) is 9.21. The second-order valence-corrected chi connectivity index (χ2v) is 6.75. The number of nitrogens with zero attached hydrogens (tertiary/aromatic N) is 2. The van der Waals surface area contributed by atoms with Gasteiger partial charge >= 0.3 is 0 Å². The first-order valence-electron chi connectivity index (χ1n) is 9.21. The molecule has 3 aromatic carbocycles. The molecule has 0 aliphatic heterocycles. The molecular weight excluding hydrogens is 362 g/mol. The molecule has 0 bridgehead atoms. The minimum atomic E-state index is -0.166. The van der Waals surface area contributed by atoms with Crippen molar-refractivity contribution in [3.63, 3.8) is 0 Å². The normalized spacial score (nSPS) is 10.5. The van der Waals surface area contributed by atoms with Crippen molar-refractivity contribution in [1.29, 1.82) is 5.26 Å². The highest BCUT2D eigenvalue weighted by molar-refractivity contribution is 6.13. The maximum atomic E-state index is 12.8. The van der Waals surface area contributed by atoms with Crippen molar-refractivity contribution in [3.05, 3.63) is 95.7 Å². The van der Waals surface area contributed by atoms with Crippen LogP contribution >= 0.6 is 0 Å². The highest BCUT2D eigenvalue weighted by Crippen LogP contribution is 2.23. The zero-order valence-electron chi connectivity index (χ0n) is 15.9. The highest BCUT2D eigenvalue weighted by Gasteiger charge is 2.14. The molecule has 1 N–H and O–H groups in total. The van der Waals surface area contributed by atoms with Gasteiger partial charge in [-0.05, 0) is 35.9 Å². The SMILES string of the molecule is Cn1cc(C(=O)Nc2cccc(OCc3cccc(C#N)c3)c2)c2ccccc21. The molecule has 0 spiro atoms. The van der Waals surface area contributed by atoms with Gasteiger partial charge in [0, 0.05) is 35.9 Å². The molecule has 0 saturated heterocycles. The number of carbonyl (C=O) groups excluding carboxylic acids is 1. The molecule has 0 aliphatic rings. The van der Waals surface area contributed by atoms with Gasteiger partial charge in [-0.15, -0.1) is 0 Å². The Bertz CT molecular complexity index is 1230. The summed E-state index contributed by atoms with van der Waals surface area (Å²) in [7, 11) is 1.93. The lowest BCUT2D eigenvalue weighted by Crippen LogP contribution is -2.11. The number of anilines is 1. The van der Waals surface area contributed by atoms with E-state index in [4.69, 9.17) is 10.00 Å². The van der Waals surface area contributed by atoms with Crippen molar-refractivity contribution in [2.24, 2.45) is 7.05 Å². The first kappa shape index (κ1) is 18.3. The van der Waals surface area contributed by atoms with Crippen LogP contribution in [0, 0.1) is 11.3 Å². The van der Waals surface area contributed by atoms with E-state index in [1.807, 2.05) is 72.4 Å². The molecule has 0 fully saturated rings. The Balaban J connectivity index is 1.48. The van der Waals surface area contributed by atoms with Crippen LogP contribution in [0.5, 0.6) is 5.75 Å². The van der Waals surface area contributed by atoms with Crippen molar-refractivity contribution in [1.82, 2.24) is 4.57 Å². The molecule has 0 radical (unpaired) electrons. The molecule has 0 unspecified atom stereocenters. The number of aryl methyl sites for hydroxylation is 1. The quantitative estimate of drug-likeness (QED) is 0.536. The molecule has 1 amide bonds. The first-order chi connectivity index (χ1) is 14.1. The molecule has 4 rings (SSSR count). The van der Waals surface area contributed by atoms with E-state index >= 15 is 0 Å². The number of hydrogen-bond donors (Lipinski definition) is 1. The lowest BCUT2D eigenvalue weighted by molar-refractivity contribution is 0.102. The Morgan fingerprint density at radius 2 is 1.90 bits per heavy atom. The molecule has 4 aromatic rings. The van der Waals surface area contributed by atoms with Gasteiger partial charge in [-0.2, -0.15) is 5.26 Å². The van der Waals surface area contributed by atoms with Gasteiger partial charge in [-0.25, -0.2) is 0 Å². The lowest BCUT2D eigenvalue weighted by atomic mass is 10.1. The van der Waals surface area contributed by atoms with Crippen molar-refractivity contribution in [3.8, 4) is 11.8 Å². The van der Waals surface area contributed by atoms with Gasteiger partial charge in [0.15, 0.2) is 0 Å². The minimum Gasteiger partial charge on any atom is -0.489 e. The molecule has 29 heavy (non-hydrogen) atoms. The maximum Gasteiger partial charge on any atom is 0.257 e. The second kappa shape index (κ2) is 7.91. The number of benzene rings is 3. The molecule has 0 saturated carbocycles. The largest absolute Gasteiger partial charge is 0.489 e. The van der Waals surface area contributed by atoms with Crippen molar-refractivity contribution in [2.75, 3.05) is 5.32 Å². The van der Waals surface area contributed by atoms with Gasteiger partial charge < -0.3 is 14.6 Å². The van der Waals surface area contributed by atoms with Gasteiger partial charge in [-0.3, -0.25) is 4.79 Å². The number of fused-ring (bicyclic) bond motifs is 1. The molecule has 0 aliphatic carbocycles. The van der Waals surface area contributed by atoms with Crippen molar-refractivity contribution in [2.45, 2.75) is 6.61 Å². The van der Waals surface area contributed by atoms with E-state index in [9.17, 15) is 4.79 Å². The fourth-order valence-corrected chi connectivity index (χ4v) is 3.28. The zero-order valence-corrected chi connectivity index (χ0v) is 15.9. The van der Waals surface area contributed by atoms with Gasteiger partial charge in [0.25, 0.3) is 5.91 Å². The average molecular weight is 381 g/mol. The number of aromatic nitrogens is 1. The standard InChI is InChI=1S/C24H19N3O2/c1-27-15-22(21-10-2-3-11-23(21)27)24(28)26-19-8-5-9-20(13-19)29-16-18-7-4-6-17(12-18)14-25/h2-13,15H,16H2,1H3,(H,26,28). The van der Waals surface area contributed by atoms with Crippen LogP contribution in [0.3, 0.4) is 0 Å². The summed E-state index contributed by atoms with van der Waals surface area (Å²) in [4.78, 5) is 12.8. The van der Waals surface area contributed by atoms with Crippen LogP contribution in [0.1, 0.15) is 21.5 Å². The zero-order chi connectivity index (χ0) is 20.2. The van der Waals surface area contributed by atoms with E-state index in [2.05, 4.69) is 11.4 Å². The summed E-state index contributed by atoms with van der Waals surface area (Å²) in [5, 5.41) is 12.9. The number of para-hydroxylation sites is 1. The van der Waals surface area contributed by atoms with Crippen molar-refractivity contribution >= 4 is 22.5 Å². The summed E-state index contributed by atoms with van der Waals surface area (Å²) in [6, 6.07) is 24.5. The van der Waals surface area contributed by atoms with Crippen LogP contribution in [0.15, 0.2) is 79.0 Å². The molecule has 5 nitrogen and oxygen atoms in total. The van der Waals surface area contributed by atoms with Crippen molar-refractivity contribution < 1.29 is 9.53 Å². The predicted octanol–water partition coefficient (Wildman–Crippen LogP) is 4.88. The number of hydrogen-bond acceptors (Lipinski definition) is 3. The summed E-state index contributed by atoms with van der Waals surface area (Å²) >= 11 is 0.